The Kier molecular flexibility index (Phi) is 5.66. The molecule has 1 aromatic rings. The van der Waals surface area contributed by atoms with E-state index in [1.165, 1.54) is 13.2 Å². The summed E-state index contributed by atoms with van der Waals surface area (Å²) in [4.78, 5) is 22.7. The summed E-state index contributed by atoms with van der Waals surface area (Å²) in [5.41, 5.74) is 6.47. The fraction of sp³-hybridized carbons (Fsp3) is 0.385. The lowest BCUT2D eigenvalue weighted by molar-refractivity contribution is -0.120. The second-order valence-corrected chi connectivity index (χ2v) is 3.87. The predicted molar refractivity (Wildman–Crippen MR) is 71.0 cm³/mol. The first kappa shape index (κ1) is 14.8. The highest BCUT2D eigenvalue weighted by Gasteiger charge is 2.10. The van der Waals surface area contributed by atoms with Crippen molar-refractivity contribution < 1.29 is 19.1 Å². The van der Waals surface area contributed by atoms with E-state index in [1.54, 1.807) is 19.2 Å². The highest BCUT2D eigenvalue weighted by Crippen LogP contribution is 2.22. The summed E-state index contributed by atoms with van der Waals surface area (Å²) in [5, 5.41) is 2.50. The zero-order valence-electron chi connectivity index (χ0n) is 11.1. The number of nitrogen functional groups attached to an aromatic ring is 1. The third-order valence-corrected chi connectivity index (χ3v) is 2.53. The van der Waals surface area contributed by atoms with Crippen molar-refractivity contribution in [3.05, 3.63) is 23.8 Å². The zero-order chi connectivity index (χ0) is 14.3. The number of nitrogens with one attached hydrogen (secondary N) is 1. The van der Waals surface area contributed by atoms with Gasteiger partial charge < -0.3 is 20.5 Å². The fourth-order valence-electron chi connectivity index (χ4n) is 1.44. The van der Waals surface area contributed by atoms with Gasteiger partial charge in [-0.3, -0.25) is 4.79 Å². The smallest absolute Gasteiger partial charge is 0.338 e. The van der Waals surface area contributed by atoms with E-state index in [2.05, 4.69) is 5.32 Å². The molecule has 0 unspecified atom stereocenters. The Morgan fingerprint density at radius 1 is 1.37 bits per heavy atom. The van der Waals surface area contributed by atoms with Gasteiger partial charge in [-0.2, -0.15) is 0 Å². The van der Waals surface area contributed by atoms with Crippen LogP contribution >= 0.6 is 0 Å². The van der Waals surface area contributed by atoms with Crippen LogP contribution in [-0.2, 0) is 9.53 Å². The summed E-state index contributed by atoms with van der Waals surface area (Å²) in [6.45, 7) is 0.193. The number of nitrogens with two attached hydrogens (primary N) is 1. The van der Waals surface area contributed by atoms with Gasteiger partial charge >= 0.3 is 5.97 Å². The van der Waals surface area contributed by atoms with Crippen LogP contribution in [0.4, 0.5) is 5.69 Å². The van der Waals surface area contributed by atoms with Crippen molar-refractivity contribution in [1.29, 1.82) is 0 Å². The first-order chi connectivity index (χ1) is 9.08. The lowest BCUT2D eigenvalue weighted by atomic mass is 10.2. The maximum absolute atomic E-state index is 11.7. The van der Waals surface area contributed by atoms with Crippen LogP contribution in [0.2, 0.25) is 0 Å². The maximum Gasteiger partial charge on any atom is 0.338 e. The topological polar surface area (TPSA) is 90.7 Å². The first-order valence-electron chi connectivity index (χ1n) is 5.89. The molecule has 1 rings (SSSR count). The molecule has 1 aromatic carbocycles. The van der Waals surface area contributed by atoms with Gasteiger partial charge in [0.2, 0.25) is 5.91 Å². The van der Waals surface area contributed by atoms with Crippen molar-refractivity contribution in [3.63, 3.8) is 0 Å². The van der Waals surface area contributed by atoms with E-state index in [0.29, 0.717) is 29.8 Å². The summed E-state index contributed by atoms with van der Waals surface area (Å²) < 4.78 is 10.1. The molecule has 1 amide bonds. The van der Waals surface area contributed by atoms with E-state index >= 15 is 0 Å². The first-order valence-corrected chi connectivity index (χ1v) is 5.89. The molecule has 0 aromatic heterocycles. The van der Waals surface area contributed by atoms with E-state index in [0.717, 1.165) is 0 Å². The van der Waals surface area contributed by atoms with Gasteiger partial charge in [-0.15, -0.1) is 0 Å². The molecule has 0 radical (unpaired) electrons. The number of anilines is 1. The molecule has 6 nitrogen and oxygen atoms in total. The number of hydrogen-bond acceptors (Lipinski definition) is 5. The molecule has 0 atom stereocenters. The molecule has 0 fully saturated rings. The summed E-state index contributed by atoms with van der Waals surface area (Å²) >= 11 is 0. The Morgan fingerprint density at radius 2 is 2.11 bits per heavy atom. The minimum Gasteiger partial charge on any atom is -0.495 e. The van der Waals surface area contributed by atoms with Gasteiger partial charge in [-0.25, -0.2) is 4.79 Å². The summed E-state index contributed by atoms with van der Waals surface area (Å²) in [5.74, 6) is -0.111. The monoisotopic (exact) mass is 266 g/mol. The van der Waals surface area contributed by atoms with Crippen molar-refractivity contribution in [2.24, 2.45) is 0 Å². The molecule has 0 heterocycles. The second-order valence-electron chi connectivity index (χ2n) is 3.87. The molecule has 0 saturated carbocycles. The molecule has 0 spiro atoms. The highest BCUT2D eigenvalue weighted by atomic mass is 16.5. The molecule has 0 bridgehead atoms. The number of methoxy groups -OCH3 is 1. The van der Waals surface area contributed by atoms with Gasteiger partial charge in [0.25, 0.3) is 0 Å². The van der Waals surface area contributed by atoms with Crippen molar-refractivity contribution in [3.8, 4) is 5.75 Å². The van der Waals surface area contributed by atoms with E-state index in [-0.39, 0.29) is 12.5 Å². The minimum atomic E-state index is -0.463. The van der Waals surface area contributed by atoms with Crippen LogP contribution in [0.25, 0.3) is 0 Å². The van der Waals surface area contributed by atoms with Crippen molar-refractivity contribution in [2.75, 3.05) is 26.5 Å². The van der Waals surface area contributed by atoms with Gasteiger partial charge in [0.05, 0.1) is 25.0 Å². The van der Waals surface area contributed by atoms with E-state index in [4.69, 9.17) is 15.2 Å². The van der Waals surface area contributed by atoms with Crippen molar-refractivity contribution in [1.82, 2.24) is 5.32 Å². The highest BCUT2D eigenvalue weighted by molar-refractivity contribution is 5.90. The molecule has 19 heavy (non-hydrogen) atoms. The third kappa shape index (κ3) is 4.50. The van der Waals surface area contributed by atoms with Gasteiger partial charge in [-0.05, 0) is 24.6 Å². The predicted octanol–water partition coefficient (Wildman–Crippen LogP) is 0.960. The number of rotatable bonds is 6. The molecule has 6 heteroatoms. The third-order valence-electron chi connectivity index (χ3n) is 2.53. The molecule has 0 aliphatic carbocycles. The van der Waals surface area contributed by atoms with Crippen LogP contribution in [-0.4, -0.2) is 32.6 Å². The Hall–Kier alpha value is -2.24. The van der Waals surface area contributed by atoms with Crippen molar-refractivity contribution in [2.45, 2.75) is 12.8 Å². The average molecular weight is 266 g/mol. The van der Waals surface area contributed by atoms with Crippen molar-refractivity contribution >= 4 is 17.6 Å². The SMILES string of the molecule is CNC(=O)CCCOC(=O)c1ccc(N)c(OC)c1. The summed E-state index contributed by atoms with van der Waals surface area (Å²) in [7, 11) is 3.04. The molecule has 104 valence electrons. The number of benzene rings is 1. The Bertz CT molecular complexity index is 460. The van der Waals surface area contributed by atoms with Crippen LogP contribution in [0.5, 0.6) is 5.75 Å². The van der Waals surface area contributed by atoms with Crippen LogP contribution in [0.1, 0.15) is 23.2 Å². The van der Waals surface area contributed by atoms with E-state index in [1.807, 2.05) is 0 Å². The Morgan fingerprint density at radius 3 is 2.74 bits per heavy atom. The summed E-state index contributed by atoms with van der Waals surface area (Å²) in [6, 6.07) is 4.68. The number of esters is 1. The van der Waals surface area contributed by atoms with Crippen LogP contribution in [0.15, 0.2) is 18.2 Å². The van der Waals surface area contributed by atoms with Gasteiger partial charge in [0.15, 0.2) is 0 Å². The van der Waals surface area contributed by atoms with Gasteiger partial charge in [-0.1, -0.05) is 0 Å². The molecule has 0 aliphatic heterocycles. The Labute approximate surface area is 111 Å². The van der Waals surface area contributed by atoms with Crippen LogP contribution in [0.3, 0.4) is 0 Å². The lowest BCUT2D eigenvalue weighted by Gasteiger charge is -2.08. The molecule has 3 N–H and O–H groups in total. The molecular weight excluding hydrogens is 248 g/mol. The summed E-state index contributed by atoms with van der Waals surface area (Å²) in [6.07, 6.45) is 0.812. The lowest BCUT2D eigenvalue weighted by Crippen LogP contribution is -2.18. The molecule has 0 saturated heterocycles. The van der Waals surface area contributed by atoms with E-state index < -0.39 is 5.97 Å². The Balaban J connectivity index is 2.47. The number of amides is 1. The minimum absolute atomic E-state index is 0.0785. The largest absolute Gasteiger partial charge is 0.495 e. The fourth-order valence-corrected chi connectivity index (χ4v) is 1.44. The number of ether oxygens (including phenoxy) is 2. The number of hydrogen-bond donors (Lipinski definition) is 2. The maximum atomic E-state index is 11.7. The number of carbonyl (C=O) groups excluding carboxylic acids is 2. The van der Waals surface area contributed by atoms with Gasteiger partial charge in [0, 0.05) is 13.5 Å². The quantitative estimate of drug-likeness (QED) is 0.454. The second kappa shape index (κ2) is 7.25. The zero-order valence-corrected chi connectivity index (χ0v) is 11.1. The van der Waals surface area contributed by atoms with Crippen LogP contribution < -0.4 is 15.8 Å². The average Bonchev–Trinajstić information content (AvgIpc) is 2.43. The van der Waals surface area contributed by atoms with E-state index in [9.17, 15) is 9.59 Å². The number of carbonyl (C=O) groups is 2. The van der Waals surface area contributed by atoms with Gasteiger partial charge in [0.1, 0.15) is 5.75 Å². The standard InChI is InChI=1S/C13H18N2O4/c1-15-12(16)4-3-7-19-13(17)9-5-6-10(14)11(8-9)18-2/h5-6,8H,3-4,7,14H2,1-2H3,(H,15,16). The normalized spacial score (nSPS) is 9.79. The van der Waals surface area contributed by atoms with Crippen LogP contribution in [0, 0.1) is 0 Å². The molecule has 0 aliphatic rings. The molecular formula is C13H18N2O4.